The van der Waals surface area contributed by atoms with Gasteiger partial charge in [0.25, 0.3) is 0 Å². The number of aliphatic hydroxyl groups excluding tert-OH is 1. The van der Waals surface area contributed by atoms with E-state index in [0.29, 0.717) is 0 Å². The van der Waals surface area contributed by atoms with E-state index >= 15 is 0 Å². The quantitative estimate of drug-likeness (QED) is 0.415. The van der Waals surface area contributed by atoms with Gasteiger partial charge in [0.1, 0.15) is 12.2 Å². The molecule has 10 heteroatoms. The second-order valence-electron chi connectivity index (χ2n) is 3.95. The topological polar surface area (TPSA) is 148 Å². The minimum atomic E-state index is -1.23. The Bertz CT molecular complexity index is 500. The summed E-state index contributed by atoms with van der Waals surface area (Å²) < 4.78 is 1.36. The van der Waals surface area contributed by atoms with Crippen molar-refractivity contribution < 1.29 is 24.7 Å². The van der Waals surface area contributed by atoms with Gasteiger partial charge in [-0.25, -0.2) is 4.79 Å². The maximum atomic E-state index is 11.5. The number of imidazole rings is 1. The fraction of sp³-hybridized carbons (Fsp3) is 0.500. The average Bonchev–Trinajstić information content (AvgIpc) is 2.84. The molecule has 0 aliphatic rings. The van der Waals surface area contributed by atoms with Gasteiger partial charge in [-0.05, 0) is 9.91 Å². The zero-order valence-corrected chi connectivity index (χ0v) is 10.4. The van der Waals surface area contributed by atoms with Crippen molar-refractivity contribution in [3.05, 3.63) is 22.6 Å². The van der Waals surface area contributed by atoms with Crippen molar-refractivity contribution in [3.63, 3.8) is 0 Å². The number of nitro groups is 1. The molecule has 1 rings (SSSR count). The van der Waals surface area contributed by atoms with Gasteiger partial charge in [-0.2, -0.15) is 0 Å². The van der Waals surface area contributed by atoms with Crippen molar-refractivity contribution in [3.8, 4) is 0 Å². The van der Waals surface area contributed by atoms with Gasteiger partial charge in [0.2, 0.25) is 12.2 Å². The number of hydrogen-bond acceptors (Lipinski definition) is 6. The molecule has 0 radical (unpaired) electrons. The normalized spacial score (nSPS) is 11.8. The van der Waals surface area contributed by atoms with Gasteiger partial charge < -0.3 is 30.2 Å². The van der Waals surface area contributed by atoms with Gasteiger partial charge in [0, 0.05) is 26.0 Å². The number of aliphatic carboxylic acids is 1. The van der Waals surface area contributed by atoms with E-state index < -0.39 is 22.8 Å². The molecule has 20 heavy (non-hydrogen) atoms. The molecule has 0 aliphatic carbocycles. The average molecular weight is 286 g/mol. The highest BCUT2D eigenvalue weighted by molar-refractivity contribution is 5.83. The highest BCUT2D eigenvalue weighted by Gasteiger charge is 2.19. The third kappa shape index (κ3) is 4.65. The highest BCUT2D eigenvalue weighted by Crippen LogP contribution is 2.06. The summed E-state index contributed by atoms with van der Waals surface area (Å²) in [6.07, 6.45) is 2.25. The number of aliphatic hydroxyl groups is 1. The first-order chi connectivity index (χ1) is 9.43. The molecule has 1 heterocycles. The Morgan fingerprint density at radius 2 is 2.25 bits per heavy atom. The summed E-state index contributed by atoms with van der Waals surface area (Å²) in [4.78, 5) is 35.6. The van der Waals surface area contributed by atoms with E-state index in [1.165, 1.54) is 17.1 Å². The number of carbonyl (C=O) groups is 2. The van der Waals surface area contributed by atoms with Crippen molar-refractivity contribution in [2.24, 2.45) is 0 Å². The Morgan fingerprint density at radius 1 is 1.55 bits per heavy atom. The number of aryl methyl sites for hydroxylation is 1. The van der Waals surface area contributed by atoms with Crippen molar-refractivity contribution in [1.29, 1.82) is 0 Å². The molecule has 0 saturated carbocycles. The Morgan fingerprint density at radius 3 is 2.75 bits per heavy atom. The first-order valence-electron chi connectivity index (χ1n) is 5.73. The first kappa shape index (κ1) is 15.6. The van der Waals surface area contributed by atoms with Crippen LogP contribution in [0, 0.1) is 10.1 Å². The van der Waals surface area contributed by atoms with Crippen molar-refractivity contribution in [1.82, 2.24) is 14.9 Å². The Balaban J connectivity index is 2.45. The van der Waals surface area contributed by atoms with Gasteiger partial charge in [-0.3, -0.25) is 4.79 Å². The summed E-state index contributed by atoms with van der Waals surface area (Å²) in [6.45, 7) is -0.219. The summed E-state index contributed by atoms with van der Waals surface area (Å²) in [7, 11) is 0. The van der Waals surface area contributed by atoms with Gasteiger partial charge in [-0.1, -0.05) is 0 Å². The summed E-state index contributed by atoms with van der Waals surface area (Å²) >= 11 is 0. The molecule has 10 nitrogen and oxygen atoms in total. The Labute approximate surface area is 113 Å². The second-order valence-corrected chi connectivity index (χ2v) is 3.95. The SMILES string of the molecule is O=C(CCn1cnc([N+](=O)[O-])c1)N[C@H](CCO)C(=O)O. The molecule has 0 aliphatic heterocycles. The van der Waals surface area contributed by atoms with E-state index in [0.717, 1.165) is 0 Å². The van der Waals surface area contributed by atoms with Crippen molar-refractivity contribution >= 4 is 17.7 Å². The van der Waals surface area contributed by atoms with Crippen LogP contribution in [0.1, 0.15) is 12.8 Å². The molecule has 0 spiro atoms. The molecule has 0 fully saturated rings. The number of nitrogens with one attached hydrogen (secondary N) is 1. The lowest BCUT2D eigenvalue weighted by molar-refractivity contribution is -0.389. The van der Waals surface area contributed by atoms with Crippen molar-refractivity contribution in [2.45, 2.75) is 25.4 Å². The number of amides is 1. The molecule has 0 saturated heterocycles. The lowest BCUT2D eigenvalue weighted by Crippen LogP contribution is -2.41. The van der Waals surface area contributed by atoms with Crippen LogP contribution in [-0.2, 0) is 16.1 Å². The van der Waals surface area contributed by atoms with Crippen LogP contribution in [0.4, 0.5) is 5.82 Å². The van der Waals surface area contributed by atoms with E-state index in [1.54, 1.807) is 0 Å². The fourth-order valence-corrected chi connectivity index (χ4v) is 1.45. The maximum Gasteiger partial charge on any atom is 0.381 e. The zero-order chi connectivity index (χ0) is 15.1. The number of carbonyl (C=O) groups excluding carboxylic acids is 1. The number of carboxylic acid groups (broad SMARTS) is 1. The second kappa shape index (κ2) is 7.19. The van der Waals surface area contributed by atoms with Gasteiger partial charge in [0.15, 0.2) is 0 Å². The molecule has 1 aromatic rings. The molecular weight excluding hydrogens is 272 g/mol. The van der Waals surface area contributed by atoms with Crippen LogP contribution in [0.5, 0.6) is 0 Å². The molecular formula is C10H14N4O6. The Hall–Kier alpha value is -2.49. The number of carboxylic acids is 1. The predicted molar refractivity (Wildman–Crippen MR) is 64.8 cm³/mol. The molecule has 110 valence electrons. The van der Waals surface area contributed by atoms with Crippen LogP contribution in [0.25, 0.3) is 0 Å². The summed E-state index contributed by atoms with van der Waals surface area (Å²) in [5.74, 6) is -2.08. The van der Waals surface area contributed by atoms with Crippen LogP contribution in [0.15, 0.2) is 12.5 Å². The standard InChI is InChI=1S/C10H14N4O6/c15-4-2-7(10(17)18)12-9(16)1-3-13-5-8(11-6-13)14(19)20/h5-7,15H,1-4H2,(H,12,16)(H,17,18)/t7-/m1/s1. The third-order valence-electron chi connectivity index (χ3n) is 2.45. The van der Waals surface area contributed by atoms with Crippen LogP contribution in [0.3, 0.4) is 0 Å². The lowest BCUT2D eigenvalue weighted by atomic mass is 10.2. The van der Waals surface area contributed by atoms with Gasteiger partial charge in [-0.15, -0.1) is 0 Å². The van der Waals surface area contributed by atoms with E-state index in [4.69, 9.17) is 10.2 Å². The summed E-state index contributed by atoms with van der Waals surface area (Å²) in [6, 6.07) is -1.15. The molecule has 0 bridgehead atoms. The molecule has 0 unspecified atom stereocenters. The minimum Gasteiger partial charge on any atom is -0.480 e. The third-order valence-corrected chi connectivity index (χ3v) is 2.45. The van der Waals surface area contributed by atoms with E-state index in [-0.39, 0.29) is 31.8 Å². The molecule has 1 amide bonds. The number of aromatic nitrogens is 2. The van der Waals surface area contributed by atoms with E-state index in [1.807, 2.05) is 0 Å². The smallest absolute Gasteiger partial charge is 0.381 e. The number of hydrogen-bond donors (Lipinski definition) is 3. The van der Waals surface area contributed by atoms with Crippen LogP contribution < -0.4 is 5.32 Å². The Kier molecular flexibility index (Phi) is 5.59. The molecule has 0 aromatic carbocycles. The van der Waals surface area contributed by atoms with Crippen LogP contribution in [-0.4, -0.2) is 49.2 Å². The summed E-state index contributed by atoms with van der Waals surface area (Å²) in [5.41, 5.74) is 0. The molecule has 3 N–H and O–H groups in total. The monoisotopic (exact) mass is 286 g/mol. The minimum absolute atomic E-state index is 0.0529. The van der Waals surface area contributed by atoms with Gasteiger partial charge in [0.05, 0.1) is 0 Å². The number of nitrogens with zero attached hydrogens (tertiary/aromatic N) is 3. The van der Waals surface area contributed by atoms with E-state index in [9.17, 15) is 19.7 Å². The van der Waals surface area contributed by atoms with E-state index in [2.05, 4.69) is 10.3 Å². The largest absolute Gasteiger partial charge is 0.480 e. The summed E-state index contributed by atoms with van der Waals surface area (Å²) in [5, 5.41) is 30.1. The molecule has 1 aromatic heterocycles. The predicted octanol–water partition coefficient (Wildman–Crippen LogP) is -0.867. The van der Waals surface area contributed by atoms with Crippen LogP contribution in [0.2, 0.25) is 0 Å². The lowest BCUT2D eigenvalue weighted by Gasteiger charge is -2.12. The number of rotatable bonds is 8. The first-order valence-corrected chi connectivity index (χ1v) is 5.73. The maximum absolute atomic E-state index is 11.5. The fourth-order valence-electron chi connectivity index (χ4n) is 1.45. The van der Waals surface area contributed by atoms with Gasteiger partial charge >= 0.3 is 11.8 Å². The van der Waals surface area contributed by atoms with Crippen molar-refractivity contribution in [2.75, 3.05) is 6.61 Å². The molecule has 1 atom stereocenters. The van der Waals surface area contributed by atoms with Crippen LogP contribution >= 0.6 is 0 Å². The highest BCUT2D eigenvalue weighted by atomic mass is 16.6. The zero-order valence-electron chi connectivity index (χ0n) is 10.4.